The molecule has 1 saturated heterocycles. The maximum atomic E-state index is 13.4. The van der Waals surface area contributed by atoms with Crippen LogP contribution < -0.4 is 16.0 Å². The molecule has 1 unspecified atom stereocenters. The molecule has 0 aromatic heterocycles. The van der Waals surface area contributed by atoms with Crippen molar-refractivity contribution in [3.05, 3.63) is 64.2 Å². The van der Waals surface area contributed by atoms with Crippen LogP contribution in [0.4, 0.5) is 19.3 Å². The van der Waals surface area contributed by atoms with Gasteiger partial charge in [-0.3, -0.25) is 14.9 Å². The van der Waals surface area contributed by atoms with Crippen LogP contribution in [-0.4, -0.2) is 17.8 Å². The summed E-state index contributed by atoms with van der Waals surface area (Å²) in [7, 11) is 0. The molecule has 4 amide bonds. The van der Waals surface area contributed by atoms with Gasteiger partial charge >= 0.3 is 6.03 Å². The molecule has 0 bridgehead atoms. The van der Waals surface area contributed by atoms with E-state index in [0.717, 1.165) is 0 Å². The van der Waals surface area contributed by atoms with Crippen molar-refractivity contribution >= 4 is 35.1 Å². The Morgan fingerprint density at radius 1 is 1.15 bits per heavy atom. The van der Waals surface area contributed by atoms with Crippen LogP contribution in [0.25, 0.3) is 0 Å². The van der Waals surface area contributed by atoms with Crippen molar-refractivity contribution in [2.24, 2.45) is 0 Å². The molecule has 134 valence electrons. The molecule has 2 aromatic carbocycles. The molecular formula is C17H12ClF2N3O3. The number of halogens is 3. The van der Waals surface area contributed by atoms with Crippen LogP contribution in [0.3, 0.4) is 0 Å². The standard InChI is InChI=1S/C17H12ClF2N3O3/c1-17(15(25)22-16(26)23-17)8-3-2-4-9(5-8)21-14(24)10-6-12(19)13(20)7-11(10)18/h2-7H,1H3,(H,21,24)(H2,22,23,25,26). The van der Waals surface area contributed by atoms with Gasteiger partial charge in [0.2, 0.25) is 0 Å². The van der Waals surface area contributed by atoms with Crippen molar-refractivity contribution in [1.29, 1.82) is 0 Å². The largest absolute Gasteiger partial charge is 0.322 e. The van der Waals surface area contributed by atoms with Crippen molar-refractivity contribution in [2.45, 2.75) is 12.5 Å². The highest BCUT2D eigenvalue weighted by Crippen LogP contribution is 2.27. The van der Waals surface area contributed by atoms with Crippen LogP contribution in [0.1, 0.15) is 22.8 Å². The highest BCUT2D eigenvalue weighted by Gasteiger charge is 2.43. The zero-order valence-corrected chi connectivity index (χ0v) is 14.1. The van der Waals surface area contributed by atoms with Crippen molar-refractivity contribution < 1.29 is 23.2 Å². The zero-order chi connectivity index (χ0) is 19.1. The van der Waals surface area contributed by atoms with Gasteiger partial charge in [0.1, 0.15) is 5.54 Å². The topological polar surface area (TPSA) is 87.3 Å². The highest BCUT2D eigenvalue weighted by atomic mass is 35.5. The number of rotatable bonds is 3. The lowest BCUT2D eigenvalue weighted by Crippen LogP contribution is -2.40. The third-order valence-corrected chi connectivity index (χ3v) is 4.31. The Morgan fingerprint density at radius 2 is 1.85 bits per heavy atom. The SMILES string of the molecule is CC1(c2cccc(NC(=O)c3cc(F)c(F)cc3Cl)c2)NC(=O)NC1=O. The fraction of sp³-hybridized carbons (Fsp3) is 0.118. The summed E-state index contributed by atoms with van der Waals surface area (Å²) in [5, 5.41) is 6.90. The van der Waals surface area contributed by atoms with Crippen molar-refractivity contribution in [2.75, 3.05) is 5.32 Å². The summed E-state index contributed by atoms with van der Waals surface area (Å²) < 4.78 is 26.5. The molecule has 1 aliphatic rings. The van der Waals surface area contributed by atoms with Crippen molar-refractivity contribution in [1.82, 2.24) is 10.6 Å². The lowest BCUT2D eigenvalue weighted by atomic mass is 9.92. The molecule has 1 heterocycles. The summed E-state index contributed by atoms with van der Waals surface area (Å²) in [4.78, 5) is 35.7. The summed E-state index contributed by atoms with van der Waals surface area (Å²) in [6.07, 6.45) is 0. The van der Waals surface area contributed by atoms with Gasteiger partial charge in [0.15, 0.2) is 11.6 Å². The Kier molecular flexibility index (Phi) is 4.37. The molecule has 3 rings (SSSR count). The van der Waals surface area contributed by atoms with E-state index in [-0.39, 0.29) is 16.3 Å². The molecule has 6 nitrogen and oxygen atoms in total. The summed E-state index contributed by atoms with van der Waals surface area (Å²) >= 11 is 5.79. The summed E-state index contributed by atoms with van der Waals surface area (Å²) in [5.74, 6) is -3.65. The van der Waals surface area contributed by atoms with Crippen LogP contribution in [0.15, 0.2) is 36.4 Å². The minimum absolute atomic E-state index is 0.242. The molecule has 1 aliphatic heterocycles. The van der Waals surface area contributed by atoms with Gasteiger partial charge in [-0.25, -0.2) is 13.6 Å². The van der Waals surface area contributed by atoms with Crippen molar-refractivity contribution in [3.63, 3.8) is 0 Å². The van der Waals surface area contributed by atoms with E-state index in [1.54, 1.807) is 12.1 Å². The number of nitrogens with one attached hydrogen (secondary N) is 3. The monoisotopic (exact) mass is 379 g/mol. The van der Waals surface area contributed by atoms with E-state index in [0.29, 0.717) is 17.7 Å². The number of benzene rings is 2. The maximum Gasteiger partial charge on any atom is 0.322 e. The van der Waals surface area contributed by atoms with E-state index in [2.05, 4.69) is 16.0 Å². The van der Waals surface area contributed by atoms with Crippen LogP contribution in [0.2, 0.25) is 5.02 Å². The van der Waals surface area contributed by atoms with E-state index >= 15 is 0 Å². The van der Waals surface area contributed by atoms with Gasteiger partial charge in [-0.2, -0.15) is 0 Å². The minimum Gasteiger partial charge on any atom is -0.322 e. The maximum absolute atomic E-state index is 13.4. The predicted octanol–water partition coefficient (Wildman–Crippen LogP) is 2.93. The van der Waals surface area contributed by atoms with Gasteiger partial charge in [-0.05, 0) is 36.8 Å². The van der Waals surface area contributed by atoms with E-state index in [1.165, 1.54) is 19.1 Å². The molecule has 26 heavy (non-hydrogen) atoms. The fourth-order valence-electron chi connectivity index (χ4n) is 2.55. The number of carbonyl (C=O) groups excluding carboxylic acids is 3. The quantitative estimate of drug-likeness (QED) is 0.566. The van der Waals surface area contributed by atoms with Gasteiger partial charge in [-0.15, -0.1) is 0 Å². The van der Waals surface area contributed by atoms with Gasteiger partial charge in [0, 0.05) is 5.69 Å². The number of anilines is 1. The van der Waals surface area contributed by atoms with Gasteiger partial charge < -0.3 is 10.6 Å². The normalized spacial score (nSPS) is 19.1. The summed E-state index contributed by atoms with van der Waals surface area (Å²) in [5.41, 5.74) is -0.829. The Labute approximate surface area is 151 Å². The third-order valence-electron chi connectivity index (χ3n) is 4.00. The van der Waals surface area contributed by atoms with E-state index in [1.807, 2.05) is 0 Å². The van der Waals surface area contributed by atoms with E-state index in [9.17, 15) is 23.2 Å². The van der Waals surface area contributed by atoms with Crippen LogP contribution in [0.5, 0.6) is 0 Å². The second-order valence-corrected chi connectivity index (χ2v) is 6.22. The number of amides is 4. The first-order chi connectivity index (χ1) is 12.2. The lowest BCUT2D eigenvalue weighted by molar-refractivity contribution is -0.123. The first kappa shape index (κ1) is 17.8. The third kappa shape index (κ3) is 3.11. The lowest BCUT2D eigenvalue weighted by Gasteiger charge is -2.21. The van der Waals surface area contributed by atoms with E-state index in [4.69, 9.17) is 11.6 Å². The first-order valence-corrected chi connectivity index (χ1v) is 7.78. The van der Waals surface area contributed by atoms with Gasteiger partial charge in [0.05, 0.1) is 10.6 Å². The Bertz CT molecular complexity index is 951. The van der Waals surface area contributed by atoms with Crippen LogP contribution in [0, 0.1) is 11.6 Å². The molecule has 2 aromatic rings. The molecular weight excluding hydrogens is 368 g/mol. The Morgan fingerprint density at radius 3 is 2.50 bits per heavy atom. The average Bonchev–Trinajstić information content (AvgIpc) is 2.84. The fourth-order valence-corrected chi connectivity index (χ4v) is 2.79. The Hall–Kier alpha value is -3.00. The summed E-state index contributed by atoms with van der Waals surface area (Å²) in [6.45, 7) is 1.51. The van der Waals surface area contributed by atoms with Crippen LogP contribution >= 0.6 is 11.6 Å². The molecule has 1 fully saturated rings. The van der Waals surface area contributed by atoms with Gasteiger partial charge in [0.25, 0.3) is 11.8 Å². The zero-order valence-electron chi connectivity index (χ0n) is 13.3. The number of imide groups is 1. The number of carbonyl (C=O) groups is 3. The highest BCUT2D eigenvalue weighted by molar-refractivity contribution is 6.34. The second kappa shape index (κ2) is 6.38. The smallest absolute Gasteiger partial charge is 0.322 e. The molecule has 0 radical (unpaired) electrons. The number of hydrogen-bond donors (Lipinski definition) is 3. The molecule has 9 heteroatoms. The Balaban J connectivity index is 1.88. The molecule has 0 aliphatic carbocycles. The second-order valence-electron chi connectivity index (χ2n) is 5.81. The average molecular weight is 380 g/mol. The molecule has 1 atom stereocenters. The molecule has 0 saturated carbocycles. The molecule has 0 spiro atoms. The number of urea groups is 1. The predicted molar refractivity (Wildman–Crippen MR) is 89.8 cm³/mol. The van der Waals surface area contributed by atoms with E-state index < -0.39 is 35.0 Å². The van der Waals surface area contributed by atoms with Crippen molar-refractivity contribution in [3.8, 4) is 0 Å². The minimum atomic E-state index is -1.29. The first-order valence-electron chi connectivity index (χ1n) is 7.41. The van der Waals surface area contributed by atoms with Crippen LogP contribution in [-0.2, 0) is 10.3 Å². The molecule has 3 N–H and O–H groups in total. The van der Waals surface area contributed by atoms with Gasteiger partial charge in [-0.1, -0.05) is 23.7 Å². The summed E-state index contributed by atoms with van der Waals surface area (Å²) in [6, 6.07) is 6.97. The number of hydrogen-bond acceptors (Lipinski definition) is 3.